The fourth-order valence-electron chi connectivity index (χ4n) is 1.65. The summed E-state index contributed by atoms with van der Waals surface area (Å²) in [5, 5.41) is 3.25. The summed E-state index contributed by atoms with van der Waals surface area (Å²) in [6, 6.07) is 3.65. The highest BCUT2D eigenvalue weighted by atomic mass is 32.2. The van der Waals surface area contributed by atoms with Gasteiger partial charge in [0, 0.05) is 17.7 Å². The molecule has 1 unspecified atom stereocenters. The predicted octanol–water partition coefficient (Wildman–Crippen LogP) is 3.76. The average Bonchev–Trinajstić information content (AvgIpc) is 2.28. The van der Waals surface area contributed by atoms with Gasteiger partial charge in [0.05, 0.1) is 0 Å². The first kappa shape index (κ1) is 14.5. The molecule has 0 saturated carbocycles. The summed E-state index contributed by atoms with van der Waals surface area (Å²) in [7, 11) is 0. The molecular formula is C13H19F2NS. The second kappa shape index (κ2) is 7.67. The lowest BCUT2D eigenvalue weighted by atomic mass is 10.1. The third-order valence-electron chi connectivity index (χ3n) is 2.65. The van der Waals surface area contributed by atoms with Crippen molar-refractivity contribution >= 4 is 11.8 Å². The molecule has 1 nitrogen and oxygen atoms in total. The van der Waals surface area contributed by atoms with Crippen LogP contribution in [0.5, 0.6) is 0 Å². The number of halogens is 2. The first-order chi connectivity index (χ1) is 8.15. The quantitative estimate of drug-likeness (QED) is 0.748. The van der Waals surface area contributed by atoms with Crippen molar-refractivity contribution in [2.24, 2.45) is 0 Å². The molecule has 96 valence electrons. The van der Waals surface area contributed by atoms with E-state index < -0.39 is 11.6 Å². The van der Waals surface area contributed by atoms with Crippen LogP contribution >= 0.6 is 11.8 Å². The number of hydrogen-bond acceptors (Lipinski definition) is 2. The van der Waals surface area contributed by atoms with Crippen LogP contribution in [-0.2, 0) is 0 Å². The number of rotatable bonds is 7. The smallest absolute Gasteiger partial charge is 0.130 e. The molecule has 1 aromatic rings. The van der Waals surface area contributed by atoms with Gasteiger partial charge < -0.3 is 5.32 Å². The van der Waals surface area contributed by atoms with Crippen molar-refractivity contribution in [3.05, 3.63) is 35.4 Å². The van der Waals surface area contributed by atoms with Gasteiger partial charge in [-0.15, -0.1) is 0 Å². The zero-order chi connectivity index (χ0) is 12.7. The van der Waals surface area contributed by atoms with Gasteiger partial charge in [-0.2, -0.15) is 11.8 Å². The monoisotopic (exact) mass is 259 g/mol. The van der Waals surface area contributed by atoms with Gasteiger partial charge >= 0.3 is 0 Å². The largest absolute Gasteiger partial charge is 0.310 e. The number of nitrogens with one attached hydrogen (secondary N) is 1. The van der Waals surface area contributed by atoms with Crippen LogP contribution in [0.1, 0.15) is 31.4 Å². The molecule has 0 heterocycles. The first-order valence-electron chi connectivity index (χ1n) is 5.82. The second-order valence-corrected chi connectivity index (χ2v) is 5.03. The number of thioether (sulfide) groups is 1. The normalized spacial score (nSPS) is 12.7. The van der Waals surface area contributed by atoms with Crippen molar-refractivity contribution < 1.29 is 8.78 Å². The fraction of sp³-hybridized carbons (Fsp3) is 0.538. The second-order valence-electron chi connectivity index (χ2n) is 4.04. The highest BCUT2D eigenvalue weighted by molar-refractivity contribution is 7.98. The van der Waals surface area contributed by atoms with Crippen LogP contribution in [0.4, 0.5) is 8.78 Å². The molecule has 0 aliphatic heterocycles. The Morgan fingerprint density at radius 2 is 2.06 bits per heavy atom. The number of unbranched alkanes of at least 4 members (excludes halogenated alkanes) is 1. The first-order valence-corrected chi connectivity index (χ1v) is 7.22. The van der Waals surface area contributed by atoms with Gasteiger partial charge in [-0.1, -0.05) is 6.07 Å². The summed E-state index contributed by atoms with van der Waals surface area (Å²) < 4.78 is 26.2. The van der Waals surface area contributed by atoms with E-state index in [1.807, 2.05) is 18.7 Å². The number of hydrogen-bond donors (Lipinski definition) is 1. The van der Waals surface area contributed by atoms with Crippen LogP contribution in [0.3, 0.4) is 0 Å². The van der Waals surface area contributed by atoms with Crippen molar-refractivity contribution in [2.45, 2.75) is 25.8 Å². The molecule has 0 radical (unpaired) electrons. The van der Waals surface area contributed by atoms with E-state index in [4.69, 9.17) is 0 Å². The molecule has 0 spiro atoms. The van der Waals surface area contributed by atoms with Gasteiger partial charge in [-0.3, -0.25) is 0 Å². The molecule has 1 atom stereocenters. The van der Waals surface area contributed by atoms with Crippen LogP contribution in [0.15, 0.2) is 18.2 Å². The Morgan fingerprint density at radius 1 is 1.29 bits per heavy atom. The maximum absolute atomic E-state index is 13.4. The van der Waals surface area contributed by atoms with E-state index in [9.17, 15) is 8.78 Å². The zero-order valence-electron chi connectivity index (χ0n) is 10.3. The molecule has 0 fully saturated rings. The minimum Gasteiger partial charge on any atom is -0.310 e. The molecule has 1 N–H and O–H groups in total. The highest BCUT2D eigenvalue weighted by Crippen LogP contribution is 2.17. The SMILES string of the molecule is CSCCCCNC(C)c1ccc(F)cc1F. The molecule has 0 bridgehead atoms. The third-order valence-corrected chi connectivity index (χ3v) is 3.35. The Labute approximate surface area is 106 Å². The van der Waals surface area contributed by atoms with E-state index >= 15 is 0 Å². The van der Waals surface area contributed by atoms with E-state index in [1.165, 1.54) is 12.1 Å². The molecule has 1 rings (SSSR count). The minimum atomic E-state index is -0.529. The Balaban J connectivity index is 2.38. The van der Waals surface area contributed by atoms with Gasteiger partial charge in [0.2, 0.25) is 0 Å². The molecule has 0 saturated heterocycles. The summed E-state index contributed by atoms with van der Waals surface area (Å²) in [5.41, 5.74) is 0.524. The van der Waals surface area contributed by atoms with Gasteiger partial charge in [-0.25, -0.2) is 8.78 Å². The van der Waals surface area contributed by atoms with E-state index in [2.05, 4.69) is 11.6 Å². The molecule has 0 aliphatic rings. The molecule has 1 aromatic carbocycles. The van der Waals surface area contributed by atoms with Crippen molar-refractivity contribution in [3.63, 3.8) is 0 Å². The third kappa shape index (κ3) is 5.04. The van der Waals surface area contributed by atoms with E-state index in [-0.39, 0.29) is 6.04 Å². The Morgan fingerprint density at radius 3 is 2.71 bits per heavy atom. The minimum absolute atomic E-state index is 0.0788. The van der Waals surface area contributed by atoms with E-state index in [0.717, 1.165) is 31.2 Å². The Bertz CT molecular complexity index is 344. The summed E-state index contributed by atoms with van der Waals surface area (Å²) >= 11 is 1.83. The van der Waals surface area contributed by atoms with E-state index in [1.54, 1.807) is 0 Å². The topological polar surface area (TPSA) is 12.0 Å². The van der Waals surface area contributed by atoms with Crippen LogP contribution in [0, 0.1) is 11.6 Å². The van der Waals surface area contributed by atoms with Gasteiger partial charge in [0.1, 0.15) is 11.6 Å². The molecule has 0 aromatic heterocycles. The zero-order valence-corrected chi connectivity index (χ0v) is 11.1. The summed E-state index contributed by atoms with van der Waals surface area (Å²) in [6.45, 7) is 2.75. The fourth-order valence-corrected chi connectivity index (χ4v) is 2.15. The highest BCUT2D eigenvalue weighted by Gasteiger charge is 2.10. The molecule has 17 heavy (non-hydrogen) atoms. The summed E-state index contributed by atoms with van der Waals surface area (Å²) in [4.78, 5) is 0. The van der Waals surface area contributed by atoms with Crippen LogP contribution in [0.25, 0.3) is 0 Å². The van der Waals surface area contributed by atoms with Gasteiger partial charge in [0.15, 0.2) is 0 Å². The number of benzene rings is 1. The lowest BCUT2D eigenvalue weighted by Gasteiger charge is -2.14. The van der Waals surface area contributed by atoms with Crippen LogP contribution < -0.4 is 5.32 Å². The lowest BCUT2D eigenvalue weighted by Crippen LogP contribution is -2.21. The Hall–Kier alpha value is -0.610. The maximum Gasteiger partial charge on any atom is 0.130 e. The summed E-state index contributed by atoms with van der Waals surface area (Å²) in [6.07, 6.45) is 4.32. The maximum atomic E-state index is 13.4. The van der Waals surface area contributed by atoms with Gasteiger partial charge in [0.25, 0.3) is 0 Å². The van der Waals surface area contributed by atoms with Crippen molar-refractivity contribution in [2.75, 3.05) is 18.6 Å². The lowest BCUT2D eigenvalue weighted by molar-refractivity contribution is 0.511. The van der Waals surface area contributed by atoms with Crippen molar-refractivity contribution in [3.8, 4) is 0 Å². The predicted molar refractivity (Wildman–Crippen MR) is 70.4 cm³/mol. The van der Waals surface area contributed by atoms with Crippen LogP contribution in [0.2, 0.25) is 0 Å². The Kier molecular flexibility index (Phi) is 6.52. The van der Waals surface area contributed by atoms with Gasteiger partial charge in [-0.05, 0) is 44.4 Å². The van der Waals surface area contributed by atoms with Crippen LogP contribution in [-0.4, -0.2) is 18.6 Å². The molecule has 4 heteroatoms. The van der Waals surface area contributed by atoms with Crippen molar-refractivity contribution in [1.82, 2.24) is 5.32 Å². The molecule has 0 aliphatic carbocycles. The summed E-state index contributed by atoms with van der Waals surface area (Å²) in [5.74, 6) is 0.147. The average molecular weight is 259 g/mol. The standard InChI is InChI=1S/C13H19F2NS/c1-10(16-7-3-4-8-17-2)12-6-5-11(14)9-13(12)15/h5-6,9-10,16H,3-4,7-8H2,1-2H3. The van der Waals surface area contributed by atoms with Crippen molar-refractivity contribution in [1.29, 1.82) is 0 Å². The van der Waals surface area contributed by atoms with E-state index in [0.29, 0.717) is 5.56 Å². The molecular weight excluding hydrogens is 240 g/mol. The molecule has 0 amide bonds.